The number of imide groups is 1. The first-order chi connectivity index (χ1) is 13.3. The van der Waals surface area contributed by atoms with Gasteiger partial charge in [0.25, 0.3) is 11.8 Å². The van der Waals surface area contributed by atoms with Gasteiger partial charge >= 0.3 is 11.9 Å². The summed E-state index contributed by atoms with van der Waals surface area (Å²) in [5.41, 5.74) is 5.97. The molecule has 8 nitrogen and oxygen atoms in total. The number of benzene rings is 3. The Kier molecular flexibility index (Phi) is 3.64. The Morgan fingerprint density at radius 3 is 1.96 bits per heavy atom. The van der Waals surface area contributed by atoms with Crippen LogP contribution in [0, 0.1) is 0 Å². The highest BCUT2D eigenvalue weighted by Crippen LogP contribution is 2.35. The zero-order chi connectivity index (χ0) is 20.2. The topological polar surface area (TPSA) is 138 Å². The molecule has 4 N–H and O–H groups in total. The summed E-state index contributed by atoms with van der Waals surface area (Å²) >= 11 is 0. The average molecular weight is 376 g/mol. The third-order valence-corrected chi connectivity index (χ3v) is 4.61. The van der Waals surface area contributed by atoms with E-state index in [0.29, 0.717) is 16.5 Å². The van der Waals surface area contributed by atoms with E-state index in [1.807, 2.05) is 0 Å². The molecule has 0 saturated heterocycles. The molecule has 0 fully saturated rings. The molecule has 0 unspecified atom stereocenters. The number of carbonyl (C=O) groups is 4. The molecule has 0 radical (unpaired) electrons. The van der Waals surface area contributed by atoms with Gasteiger partial charge < -0.3 is 15.9 Å². The molecular formula is C20H12N2O6. The molecule has 1 aliphatic heterocycles. The van der Waals surface area contributed by atoms with Gasteiger partial charge in [-0.15, -0.1) is 0 Å². The van der Waals surface area contributed by atoms with Gasteiger partial charge in [-0.3, -0.25) is 9.59 Å². The second kappa shape index (κ2) is 5.92. The molecule has 0 spiro atoms. The number of rotatable bonds is 3. The monoisotopic (exact) mass is 376 g/mol. The van der Waals surface area contributed by atoms with Crippen molar-refractivity contribution >= 4 is 45.9 Å². The van der Waals surface area contributed by atoms with Gasteiger partial charge in [0.1, 0.15) is 0 Å². The smallest absolute Gasteiger partial charge is 0.335 e. The van der Waals surface area contributed by atoms with Gasteiger partial charge in [0.15, 0.2) is 0 Å². The molecule has 0 aliphatic carbocycles. The number of anilines is 2. The molecule has 1 heterocycles. The summed E-state index contributed by atoms with van der Waals surface area (Å²) in [6.07, 6.45) is 0. The van der Waals surface area contributed by atoms with E-state index >= 15 is 0 Å². The van der Waals surface area contributed by atoms with E-state index in [1.54, 1.807) is 18.2 Å². The molecule has 3 aromatic rings. The molecular weight excluding hydrogens is 364 g/mol. The minimum absolute atomic E-state index is 0.133. The van der Waals surface area contributed by atoms with Crippen molar-refractivity contribution in [2.45, 2.75) is 0 Å². The normalized spacial score (nSPS) is 13.1. The number of nitrogen functional groups attached to an aromatic ring is 1. The molecule has 1 aliphatic rings. The standard InChI is InChI=1S/C20H12N2O6/c21-15-5-4-14-16-12(15)2-1-3-13(16)17(23)22(18(14)24)11-7-9(19(25)26)6-10(8-11)20(27)28/h1-8H,21H2,(H,25,26)(H,27,28). The maximum atomic E-state index is 13.1. The maximum absolute atomic E-state index is 13.1. The zero-order valence-corrected chi connectivity index (χ0v) is 14.2. The number of carbonyl (C=O) groups excluding carboxylic acids is 2. The van der Waals surface area contributed by atoms with E-state index in [4.69, 9.17) is 5.73 Å². The summed E-state index contributed by atoms with van der Waals surface area (Å²) in [4.78, 5) is 49.6. The SMILES string of the molecule is Nc1ccc2c3c(cccc13)C(=O)N(c1cc(C(=O)O)cc(C(=O)O)c1)C2=O. The first-order valence-corrected chi connectivity index (χ1v) is 8.11. The van der Waals surface area contributed by atoms with Crippen molar-refractivity contribution in [1.82, 2.24) is 0 Å². The number of carboxylic acids is 2. The van der Waals surface area contributed by atoms with Crippen LogP contribution in [0.2, 0.25) is 0 Å². The van der Waals surface area contributed by atoms with Crippen molar-refractivity contribution in [3.05, 3.63) is 70.8 Å². The van der Waals surface area contributed by atoms with Crippen LogP contribution < -0.4 is 10.6 Å². The number of hydrogen-bond acceptors (Lipinski definition) is 5. The minimum Gasteiger partial charge on any atom is -0.478 e. The van der Waals surface area contributed by atoms with Crippen molar-refractivity contribution < 1.29 is 29.4 Å². The van der Waals surface area contributed by atoms with Gasteiger partial charge in [-0.25, -0.2) is 14.5 Å². The molecule has 4 rings (SSSR count). The molecule has 138 valence electrons. The lowest BCUT2D eigenvalue weighted by Gasteiger charge is -2.28. The number of nitrogens with two attached hydrogens (primary N) is 1. The first-order valence-electron chi connectivity index (χ1n) is 8.11. The fourth-order valence-electron chi connectivity index (χ4n) is 3.34. The van der Waals surface area contributed by atoms with Crippen molar-refractivity contribution in [3.8, 4) is 0 Å². The van der Waals surface area contributed by atoms with Gasteiger partial charge in [-0.1, -0.05) is 12.1 Å². The summed E-state index contributed by atoms with van der Waals surface area (Å²) in [7, 11) is 0. The highest BCUT2D eigenvalue weighted by atomic mass is 16.4. The Hall–Kier alpha value is -4.20. The fourth-order valence-corrected chi connectivity index (χ4v) is 3.34. The zero-order valence-electron chi connectivity index (χ0n) is 14.2. The van der Waals surface area contributed by atoms with Crippen LogP contribution in [0.4, 0.5) is 11.4 Å². The van der Waals surface area contributed by atoms with Gasteiger partial charge in [0, 0.05) is 27.6 Å². The molecule has 8 heteroatoms. The average Bonchev–Trinajstić information content (AvgIpc) is 2.67. The van der Waals surface area contributed by atoms with Crippen LogP contribution in [-0.4, -0.2) is 34.0 Å². The predicted octanol–water partition coefficient (Wildman–Crippen LogP) is 2.62. The first kappa shape index (κ1) is 17.2. The van der Waals surface area contributed by atoms with Crippen LogP contribution in [0.15, 0.2) is 48.5 Å². The summed E-state index contributed by atoms with van der Waals surface area (Å²) in [5.74, 6) is -4.13. The number of amides is 2. The van der Waals surface area contributed by atoms with Crippen LogP contribution in [0.25, 0.3) is 10.8 Å². The van der Waals surface area contributed by atoms with Crippen molar-refractivity contribution in [2.75, 3.05) is 10.6 Å². The summed E-state index contributed by atoms with van der Waals surface area (Å²) in [5, 5.41) is 19.5. The van der Waals surface area contributed by atoms with E-state index in [1.165, 1.54) is 12.1 Å². The molecule has 2 amide bonds. The van der Waals surface area contributed by atoms with E-state index < -0.39 is 23.8 Å². The Balaban J connectivity index is 1.97. The second-order valence-electron chi connectivity index (χ2n) is 6.26. The van der Waals surface area contributed by atoms with E-state index in [9.17, 15) is 29.4 Å². The molecule has 0 saturated carbocycles. The largest absolute Gasteiger partial charge is 0.478 e. The fraction of sp³-hybridized carbons (Fsp3) is 0. The number of nitrogens with zero attached hydrogens (tertiary/aromatic N) is 1. The second-order valence-corrected chi connectivity index (χ2v) is 6.26. The summed E-state index contributed by atoms with van der Waals surface area (Å²) in [6, 6.07) is 11.0. The lowest BCUT2D eigenvalue weighted by atomic mass is 9.92. The quantitative estimate of drug-likeness (QED) is 0.472. The highest BCUT2D eigenvalue weighted by Gasteiger charge is 2.35. The molecule has 0 aromatic heterocycles. The van der Waals surface area contributed by atoms with Gasteiger partial charge in [-0.2, -0.15) is 0 Å². The van der Waals surface area contributed by atoms with E-state index in [2.05, 4.69) is 0 Å². The number of aromatic carboxylic acids is 2. The third kappa shape index (κ3) is 2.39. The summed E-state index contributed by atoms with van der Waals surface area (Å²) < 4.78 is 0. The van der Waals surface area contributed by atoms with E-state index in [0.717, 1.165) is 23.1 Å². The lowest BCUT2D eigenvalue weighted by molar-refractivity contribution is 0.0695. The number of carboxylic acid groups (broad SMARTS) is 2. The van der Waals surface area contributed by atoms with Gasteiger partial charge in [0.05, 0.1) is 16.8 Å². The highest BCUT2D eigenvalue weighted by molar-refractivity contribution is 6.36. The molecule has 0 bridgehead atoms. The van der Waals surface area contributed by atoms with Crippen LogP contribution in [0.3, 0.4) is 0 Å². The Bertz CT molecular complexity index is 1180. The molecule has 3 aromatic carbocycles. The maximum Gasteiger partial charge on any atom is 0.335 e. The predicted molar refractivity (Wildman–Crippen MR) is 99.9 cm³/mol. The molecule has 0 atom stereocenters. The number of hydrogen-bond donors (Lipinski definition) is 3. The Morgan fingerprint density at radius 1 is 0.821 bits per heavy atom. The van der Waals surface area contributed by atoms with Gasteiger partial charge in [0.2, 0.25) is 0 Å². The van der Waals surface area contributed by atoms with Crippen molar-refractivity contribution in [1.29, 1.82) is 0 Å². The lowest BCUT2D eigenvalue weighted by Crippen LogP contribution is -2.40. The van der Waals surface area contributed by atoms with Crippen LogP contribution in [0.5, 0.6) is 0 Å². The molecule has 28 heavy (non-hydrogen) atoms. The third-order valence-electron chi connectivity index (χ3n) is 4.61. The van der Waals surface area contributed by atoms with Crippen molar-refractivity contribution in [3.63, 3.8) is 0 Å². The summed E-state index contributed by atoms with van der Waals surface area (Å²) in [6.45, 7) is 0. The Labute approximate surface area is 157 Å². The van der Waals surface area contributed by atoms with Crippen LogP contribution in [-0.2, 0) is 0 Å². The van der Waals surface area contributed by atoms with Gasteiger partial charge in [-0.05, 0) is 36.4 Å². The minimum atomic E-state index is -1.38. The Morgan fingerprint density at radius 2 is 1.39 bits per heavy atom. The van der Waals surface area contributed by atoms with Crippen LogP contribution in [0.1, 0.15) is 41.4 Å². The van der Waals surface area contributed by atoms with E-state index in [-0.39, 0.29) is 27.9 Å². The van der Waals surface area contributed by atoms with Crippen molar-refractivity contribution in [2.24, 2.45) is 0 Å². The van der Waals surface area contributed by atoms with Crippen LogP contribution >= 0.6 is 0 Å².